The first-order chi connectivity index (χ1) is 10.5. The standard InChI is InChI=1S/C17H18FNO2S/c18-22(20,21)17-13-19(11-14-7-3-1-4-8-14)12-16(17)15-9-5-2-6-10-15/h1-10,16-17H,11-13H2/t16-,17-/m0/s1. The van der Waals surface area contributed by atoms with Crippen LogP contribution in [0.1, 0.15) is 17.0 Å². The number of rotatable bonds is 4. The van der Waals surface area contributed by atoms with Crippen LogP contribution in [0.3, 0.4) is 0 Å². The predicted octanol–water partition coefficient (Wildman–Crippen LogP) is 2.95. The molecule has 0 radical (unpaired) electrons. The monoisotopic (exact) mass is 319 g/mol. The van der Waals surface area contributed by atoms with Crippen molar-refractivity contribution in [1.82, 2.24) is 4.90 Å². The summed E-state index contributed by atoms with van der Waals surface area (Å²) >= 11 is 0. The molecule has 2 aromatic rings. The van der Waals surface area contributed by atoms with Crippen LogP contribution < -0.4 is 0 Å². The predicted molar refractivity (Wildman–Crippen MR) is 84.7 cm³/mol. The summed E-state index contributed by atoms with van der Waals surface area (Å²) in [6.07, 6.45) is 0. The third-order valence-corrected chi connectivity index (χ3v) is 5.38. The van der Waals surface area contributed by atoms with Crippen LogP contribution >= 0.6 is 0 Å². The van der Waals surface area contributed by atoms with Gasteiger partial charge in [-0.25, -0.2) is 0 Å². The van der Waals surface area contributed by atoms with Crippen molar-refractivity contribution in [2.45, 2.75) is 17.7 Å². The quantitative estimate of drug-likeness (QED) is 0.813. The van der Waals surface area contributed by atoms with Gasteiger partial charge in [-0.05, 0) is 11.1 Å². The van der Waals surface area contributed by atoms with Gasteiger partial charge in [0.25, 0.3) is 0 Å². The van der Waals surface area contributed by atoms with E-state index in [1.54, 1.807) is 0 Å². The van der Waals surface area contributed by atoms with Crippen molar-refractivity contribution in [2.24, 2.45) is 0 Å². The van der Waals surface area contributed by atoms with E-state index in [4.69, 9.17) is 0 Å². The second-order valence-corrected chi connectivity index (χ2v) is 7.27. The van der Waals surface area contributed by atoms with E-state index in [-0.39, 0.29) is 12.5 Å². The van der Waals surface area contributed by atoms with Gasteiger partial charge in [-0.2, -0.15) is 8.42 Å². The van der Waals surface area contributed by atoms with Crippen molar-refractivity contribution in [3.8, 4) is 0 Å². The molecule has 2 atom stereocenters. The zero-order valence-electron chi connectivity index (χ0n) is 12.1. The molecule has 3 nitrogen and oxygen atoms in total. The second kappa shape index (κ2) is 6.18. The molecule has 0 N–H and O–H groups in total. The summed E-state index contributed by atoms with van der Waals surface area (Å²) in [5.41, 5.74) is 1.98. The van der Waals surface area contributed by atoms with Gasteiger partial charge in [-0.15, -0.1) is 3.89 Å². The first-order valence-corrected chi connectivity index (χ1v) is 8.73. The van der Waals surface area contributed by atoms with Crippen LogP contribution in [0.4, 0.5) is 3.89 Å². The molecular weight excluding hydrogens is 301 g/mol. The zero-order valence-corrected chi connectivity index (χ0v) is 12.9. The first-order valence-electron chi connectivity index (χ1n) is 7.29. The Morgan fingerprint density at radius 2 is 1.55 bits per heavy atom. The molecule has 2 aromatic carbocycles. The molecule has 0 bridgehead atoms. The number of halogens is 1. The largest absolute Gasteiger partial charge is 0.307 e. The highest BCUT2D eigenvalue weighted by Crippen LogP contribution is 2.33. The molecule has 0 unspecified atom stereocenters. The van der Waals surface area contributed by atoms with Gasteiger partial charge in [0, 0.05) is 25.6 Å². The van der Waals surface area contributed by atoms with Crippen LogP contribution in [0, 0.1) is 0 Å². The van der Waals surface area contributed by atoms with E-state index in [1.807, 2.05) is 65.6 Å². The zero-order chi connectivity index (χ0) is 15.6. The molecule has 1 aliphatic rings. The average molecular weight is 319 g/mol. The fourth-order valence-electron chi connectivity index (χ4n) is 3.13. The summed E-state index contributed by atoms with van der Waals surface area (Å²) in [6, 6.07) is 19.2. The Morgan fingerprint density at radius 1 is 0.955 bits per heavy atom. The van der Waals surface area contributed by atoms with Gasteiger partial charge in [0.2, 0.25) is 0 Å². The summed E-state index contributed by atoms with van der Waals surface area (Å²) in [5.74, 6) is -0.320. The molecule has 3 rings (SSSR count). The number of likely N-dealkylation sites (tertiary alicyclic amines) is 1. The van der Waals surface area contributed by atoms with Gasteiger partial charge in [0.1, 0.15) is 5.25 Å². The molecule has 22 heavy (non-hydrogen) atoms. The van der Waals surface area contributed by atoms with E-state index in [9.17, 15) is 12.3 Å². The summed E-state index contributed by atoms with van der Waals surface area (Å²) in [7, 11) is -4.57. The molecule has 1 aliphatic heterocycles. The van der Waals surface area contributed by atoms with Crippen LogP contribution in [-0.2, 0) is 16.8 Å². The van der Waals surface area contributed by atoms with Crippen LogP contribution in [0.15, 0.2) is 60.7 Å². The summed E-state index contributed by atoms with van der Waals surface area (Å²) < 4.78 is 36.7. The minimum Gasteiger partial charge on any atom is -0.297 e. The van der Waals surface area contributed by atoms with Crippen LogP contribution in [-0.4, -0.2) is 31.7 Å². The lowest BCUT2D eigenvalue weighted by atomic mass is 9.98. The maximum Gasteiger partial charge on any atom is 0.307 e. The molecule has 1 fully saturated rings. The van der Waals surface area contributed by atoms with Gasteiger partial charge in [0.15, 0.2) is 0 Å². The molecule has 0 saturated carbocycles. The highest BCUT2D eigenvalue weighted by molar-refractivity contribution is 7.87. The maximum atomic E-state index is 13.7. The Hall–Kier alpha value is -1.72. The van der Waals surface area contributed by atoms with Crippen molar-refractivity contribution in [1.29, 1.82) is 0 Å². The highest BCUT2D eigenvalue weighted by atomic mass is 32.3. The van der Waals surface area contributed by atoms with E-state index in [2.05, 4.69) is 0 Å². The van der Waals surface area contributed by atoms with Gasteiger partial charge in [-0.3, -0.25) is 4.90 Å². The Bertz CT molecular complexity index is 719. The molecule has 0 aromatic heterocycles. The molecule has 116 valence electrons. The van der Waals surface area contributed by atoms with Crippen molar-refractivity contribution in [3.05, 3.63) is 71.8 Å². The van der Waals surface area contributed by atoms with Crippen molar-refractivity contribution in [2.75, 3.05) is 13.1 Å². The minimum atomic E-state index is -4.57. The molecule has 1 saturated heterocycles. The van der Waals surface area contributed by atoms with Crippen molar-refractivity contribution < 1.29 is 12.3 Å². The second-order valence-electron chi connectivity index (χ2n) is 5.71. The summed E-state index contributed by atoms with van der Waals surface area (Å²) in [6.45, 7) is 1.41. The topological polar surface area (TPSA) is 37.4 Å². The lowest BCUT2D eigenvalue weighted by Gasteiger charge is -2.16. The summed E-state index contributed by atoms with van der Waals surface area (Å²) in [5, 5.41) is -0.987. The number of nitrogens with zero attached hydrogens (tertiary/aromatic N) is 1. The Balaban J connectivity index is 1.83. The third-order valence-electron chi connectivity index (χ3n) is 4.18. The van der Waals surface area contributed by atoms with Gasteiger partial charge >= 0.3 is 10.2 Å². The van der Waals surface area contributed by atoms with E-state index in [0.717, 1.165) is 11.1 Å². The SMILES string of the molecule is O=S(=O)(F)[C@H]1CN(Cc2ccccc2)C[C@H]1c1ccccc1. The number of hydrogen-bond acceptors (Lipinski definition) is 3. The first kappa shape index (κ1) is 15.2. The Labute approximate surface area is 130 Å². The van der Waals surface area contributed by atoms with Crippen molar-refractivity contribution in [3.63, 3.8) is 0 Å². The van der Waals surface area contributed by atoms with Gasteiger partial charge in [-0.1, -0.05) is 60.7 Å². The third kappa shape index (κ3) is 3.36. The Morgan fingerprint density at radius 3 is 2.14 bits per heavy atom. The van der Waals surface area contributed by atoms with Crippen LogP contribution in [0.2, 0.25) is 0 Å². The summed E-state index contributed by atoms with van der Waals surface area (Å²) in [4.78, 5) is 2.01. The van der Waals surface area contributed by atoms with E-state index in [1.165, 1.54) is 0 Å². The number of hydrogen-bond donors (Lipinski definition) is 0. The van der Waals surface area contributed by atoms with Gasteiger partial charge in [0.05, 0.1) is 0 Å². The van der Waals surface area contributed by atoms with Crippen LogP contribution in [0.25, 0.3) is 0 Å². The average Bonchev–Trinajstić information content (AvgIpc) is 2.93. The minimum absolute atomic E-state index is 0.229. The smallest absolute Gasteiger partial charge is 0.297 e. The lowest BCUT2D eigenvalue weighted by molar-refractivity contribution is 0.326. The normalized spacial score (nSPS) is 22.8. The fourth-order valence-corrected chi connectivity index (χ4v) is 4.15. The molecule has 0 spiro atoms. The van der Waals surface area contributed by atoms with E-state index in [0.29, 0.717) is 13.1 Å². The lowest BCUT2D eigenvalue weighted by Crippen LogP contribution is -2.26. The van der Waals surface area contributed by atoms with E-state index >= 15 is 0 Å². The molecular formula is C17H18FNO2S. The molecule has 5 heteroatoms. The molecule has 0 aliphatic carbocycles. The van der Waals surface area contributed by atoms with Crippen LogP contribution in [0.5, 0.6) is 0 Å². The van der Waals surface area contributed by atoms with Gasteiger partial charge < -0.3 is 0 Å². The Kier molecular flexibility index (Phi) is 4.27. The maximum absolute atomic E-state index is 13.7. The van der Waals surface area contributed by atoms with E-state index < -0.39 is 15.5 Å². The fraction of sp³-hybridized carbons (Fsp3) is 0.294. The van der Waals surface area contributed by atoms with Crippen molar-refractivity contribution >= 4 is 10.2 Å². The molecule has 1 heterocycles. The highest BCUT2D eigenvalue weighted by Gasteiger charge is 2.42. The molecule has 0 amide bonds. The number of benzene rings is 2.